The molecule has 1 unspecified atom stereocenters. The topological polar surface area (TPSA) is 21.3 Å². The molecule has 1 aliphatic rings. The highest BCUT2D eigenvalue weighted by Gasteiger charge is 2.25. The normalized spacial score (nSPS) is 19.9. The summed E-state index contributed by atoms with van der Waals surface area (Å²) >= 11 is 5.48. The van der Waals surface area contributed by atoms with Crippen LogP contribution in [-0.4, -0.2) is 18.8 Å². The SMILES string of the molecule is CCOC(C)(C)CNC1CCCc2sc(Br)cc21. The minimum Gasteiger partial charge on any atom is -0.375 e. The van der Waals surface area contributed by atoms with Gasteiger partial charge in [-0.05, 0) is 67.6 Å². The molecule has 2 nitrogen and oxygen atoms in total. The molecule has 0 spiro atoms. The van der Waals surface area contributed by atoms with Crippen LogP contribution in [0, 0.1) is 0 Å². The van der Waals surface area contributed by atoms with Crippen molar-refractivity contribution in [1.29, 1.82) is 0 Å². The Kier molecular flexibility index (Phi) is 4.86. The number of hydrogen-bond acceptors (Lipinski definition) is 3. The van der Waals surface area contributed by atoms with Gasteiger partial charge in [-0.15, -0.1) is 11.3 Å². The Balaban J connectivity index is 1.99. The largest absolute Gasteiger partial charge is 0.375 e. The average molecular weight is 332 g/mol. The first kappa shape index (κ1) is 14.5. The predicted octanol–water partition coefficient (Wildman–Crippen LogP) is 4.29. The first-order valence-electron chi connectivity index (χ1n) is 6.67. The van der Waals surface area contributed by atoms with E-state index in [1.165, 1.54) is 28.6 Å². The molecule has 2 rings (SSSR count). The lowest BCUT2D eigenvalue weighted by atomic mass is 9.93. The van der Waals surface area contributed by atoms with Crippen LogP contribution in [0.3, 0.4) is 0 Å². The smallest absolute Gasteiger partial charge is 0.0750 e. The fraction of sp³-hybridized carbons (Fsp3) is 0.714. The second kappa shape index (κ2) is 6.04. The molecule has 1 atom stereocenters. The summed E-state index contributed by atoms with van der Waals surface area (Å²) in [6, 6.07) is 2.78. The number of ether oxygens (including phenoxy) is 1. The highest BCUT2D eigenvalue weighted by atomic mass is 79.9. The third-order valence-electron chi connectivity index (χ3n) is 3.39. The summed E-state index contributed by atoms with van der Waals surface area (Å²) in [6.07, 6.45) is 3.75. The molecule has 0 aromatic carbocycles. The van der Waals surface area contributed by atoms with Gasteiger partial charge in [0, 0.05) is 24.1 Å². The van der Waals surface area contributed by atoms with Crippen molar-refractivity contribution in [3.05, 3.63) is 20.3 Å². The van der Waals surface area contributed by atoms with E-state index < -0.39 is 0 Å². The van der Waals surface area contributed by atoms with E-state index in [0.717, 1.165) is 13.2 Å². The zero-order valence-corrected chi connectivity index (χ0v) is 13.8. The molecule has 1 aromatic heterocycles. The molecule has 0 saturated carbocycles. The minimum absolute atomic E-state index is 0.0837. The van der Waals surface area contributed by atoms with Gasteiger partial charge in [0.25, 0.3) is 0 Å². The molecule has 0 bridgehead atoms. The fourth-order valence-corrected chi connectivity index (χ4v) is 4.36. The number of fused-ring (bicyclic) bond motifs is 1. The minimum atomic E-state index is -0.0837. The predicted molar refractivity (Wildman–Crippen MR) is 81.4 cm³/mol. The lowest BCUT2D eigenvalue weighted by Gasteiger charge is -2.30. The summed E-state index contributed by atoms with van der Waals surface area (Å²) in [6.45, 7) is 8.02. The van der Waals surface area contributed by atoms with Crippen molar-refractivity contribution in [3.8, 4) is 0 Å². The van der Waals surface area contributed by atoms with Crippen molar-refractivity contribution in [3.63, 3.8) is 0 Å². The van der Waals surface area contributed by atoms with E-state index in [9.17, 15) is 0 Å². The third-order valence-corrected chi connectivity index (χ3v) is 5.11. The quantitative estimate of drug-likeness (QED) is 0.868. The third kappa shape index (κ3) is 3.56. The molecular weight excluding hydrogens is 310 g/mol. The van der Waals surface area contributed by atoms with Crippen LogP contribution in [0.15, 0.2) is 9.85 Å². The van der Waals surface area contributed by atoms with Crippen LogP contribution in [0.1, 0.15) is 50.1 Å². The monoisotopic (exact) mass is 331 g/mol. The van der Waals surface area contributed by atoms with Crippen LogP contribution in [0.25, 0.3) is 0 Å². The van der Waals surface area contributed by atoms with E-state index in [1.54, 1.807) is 4.88 Å². The molecule has 1 N–H and O–H groups in total. The van der Waals surface area contributed by atoms with Gasteiger partial charge in [0.05, 0.1) is 9.39 Å². The first-order chi connectivity index (χ1) is 8.52. The van der Waals surface area contributed by atoms with Crippen molar-refractivity contribution >= 4 is 27.3 Å². The van der Waals surface area contributed by atoms with Crippen molar-refractivity contribution in [2.45, 2.75) is 51.7 Å². The summed E-state index contributed by atoms with van der Waals surface area (Å²) in [5.74, 6) is 0. The molecule has 0 amide bonds. The van der Waals surface area contributed by atoms with Gasteiger partial charge in [-0.2, -0.15) is 0 Å². The lowest BCUT2D eigenvalue weighted by molar-refractivity contribution is -0.0109. The Morgan fingerprint density at radius 3 is 3.06 bits per heavy atom. The summed E-state index contributed by atoms with van der Waals surface area (Å²) in [7, 11) is 0. The molecule has 0 radical (unpaired) electrons. The standard InChI is InChI=1S/C14H22BrNOS/c1-4-17-14(2,3)9-16-11-6-5-7-12-10(11)8-13(15)18-12/h8,11,16H,4-7,9H2,1-3H3. The maximum absolute atomic E-state index is 5.74. The molecule has 1 aromatic rings. The summed E-state index contributed by atoms with van der Waals surface area (Å²) in [4.78, 5) is 1.54. The Bertz CT molecular complexity index is 402. The number of aryl methyl sites for hydroxylation is 1. The van der Waals surface area contributed by atoms with Gasteiger partial charge in [0.2, 0.25) is 0 Å². The van der Waals surface area contributed by atoms with Crippen LogP contribution < -0.4 is 5.32 Å². The van der Waals surface area contributed by atoms with Crippen molar-refractivity contribution in [1.82, 2.24) is 5.32 Å². The van der Waals surface area contributed by atoms with Gasteiger partial charge >= 0.3 is 0 Å². The summed E-state index contributed by atoms with van der Waals surface area (Å²) in [5, 5.41) is 3.68. The maximum Gasteiger partial charge on any atom is 0.0750 e. The second-order valence-electron chi connectivity index (χ2n) is 5.45. The number of hydrogen-bond donors (Lipinski definition) is 1. The highest BCUT2D eigenvalue weighted by molar-refractivity contribution is 9.11. The molecule has 1 heterocycles. The Morgan fingerprint density at radius 2 is 2.33 bits per heavy atom. The van der Waals surface area contributed by atoms with Crippen LogP contribution in [0.4, 0.5) is 0 Å². The first-order valence-corrected chi connectivity index (χ1v) is 8.28. The van der Waals surface area contributed by atoms with Crippen molar-refractivity contribution in [2.75, 3.05) is 13.2 Å². The number of halogens is 1. The Morgan fingerprint density at radius 1 is 1.56 bits per heavy atom. The Hall–Kier alpha value is 0.100. The van der Waals surface area contributed by atoms with Crippen LogP contribution in [0.5, 0.6) is 0 Å². The van der Waals surface area contributed by atoms with Gasteiger partial charge < -0.3 is 10.1 Å². The van der Waals surface area contributed by atoms with Gasteiger partial charge in [-0.1, -0.05) is 0 Å². The number of rotatable bonds is 5. The average Bonchev–Trinajstić information content (AvgIpc) is 2.67. The highest BCUT2D eigenvalue weighted by Crippen LogP contribution is 2.38. The number of thiophene rings is 1. The molecule has 102 valence electrons. The van der Waals surface area contributed by atoms with Crippen molar-refractivity contribution in [2.24, 2.45) is 0 Å². The molecule has 1 aliphatic carbocycles. The zero-order valence-electron chi connectivity index (χ0n) is 11.4. The zero-order chi connectivity index (χ0) is 13.2. The summed E-state index contributed by atoms with van der Waals surface area (Å²) in [5.41, 5.74) is 1.41. The molecule has 18 heavy (non-hydrogen) atoms. The second-order valence-corrected chi connectivity index (χ2v) is 7.96. The van der Waals surface area contributed by atoms with E-state index >= 15 is 0 Å². The van der Waals surface area contributed by atoms with Gasteiger partial charge in [0.1, 0.15) is 0 Å². The molecule has 0 saturated heterocycles. The van der Waals surface area contributed by atoms with E-state index in [2.05, 4.69) is 48.1 Å². The van der Waals surface area contributed by atoms with E-state index in [1.807, 2.05) is 11.3 Å². The van der Waals surface area contributed by atoms with Crippen LogP contribution >= 0.6 is 27.3 Å². The molecule has 0 aliphatic heterocycles. The maximum atomic E-state index is 5.74. The van der Waals surface area contributed by atoms with E-state index in [0.29, 0.717) is 6.04 Å². The van der Waals surface area contributed by atoms with Crippen LogP contribution in [-0.2, 0) is 11.2 Å². The van der Waals surface area contributed by atoms with Crippen molar-refractivity contribution < 1.29 is 4.74 Å². The summed E-state index contributed by atoms with van der Waals surface area (Å²) < 4.78 is 7.00. The van der Waals surface area contributed by atoms with E-state index in [4.69, 9.17) is 4.74 Å². The van der Waals surface area contributed by atoms with Gasteiger partial charge in [-0.25, -0.2) is 0 Å². The molecule has 0 fully saturated rings. The Labute approximate surface area is 122 Å². The van der Waals surface area contributed by atoms with Gasteiger partial charge in [-0.3, -0.25) is 0 Å². The molecule has 4 heteroatoms. The molecular formula is C14H22BrNOS. The van der Waals surface area contributed by atoms with Crippen LogP contribution in [0.2, 0.25) is 0 Å². The fourth-order valence-electron chi connectivity index (χ4n) is 2.54. The van der Waals surface area contributed by atoms with E-state index in [-0.39, 0.29) is 5.60 Å². The van der Waals surface area contributed by atoms with Gasteiger partial charge in [0.15, 0.2) is 0 Å². The number of nitrogens with one attached hydrogen (secondary N) is 1. The lowest BCUT2D eigenvalue weighted by Crippen LogP contribution is -2.40.